The topological polar surface area (TPSA) is 95.3 Å². The Morgan fingerprint density at radius 3 is 2.41 bits per heavy atom. The van der Waals surface area contributed by atoms with Gasteiger partial charge in [-0.25, -0.2) is 8.42 Å². The summed E-state index contributed by atoms with van der Waals surface area (Å²) in [4.78, 5) is 2.82. The standard InChI is InChI=1S/C19H27N5O2S/c1-13-9-15(22-21-13)12-24-16-5-6-17(24)11-18(10-16)23(2)27(25,26)19-7-3-14(20)4-8-19/h3-4,7-9,16-18H,5-6,10-12,20H2,1-2H3,(H,21,22). The van der Waals surface area contributed by atoms with Gasteiger partial charge in [0.25, 0.3) is 0 Å². The summed E-state index contributed by atoms with van der Waals surface area (Å²) < 4.78 is 27.6. The van der Waals surface area contributed by atoms with Gasteiger partial charge in [0, 0.05) is 43.1 Å². The Morgan fingerprint density at radius 1 is 1.22 bits per heavy atom. The molecule has 146 valence electrons. The number of nitrogens with one attached hydrogen (secondary N) is 1. The average Bonchev–Trinajstić information content (AvgIpc) is 3.14. The number of nitrogen functional groups attached to an aromatic ring is 1. The maximum Gasteiger partial charge on any atom is 0.243 e. The normalized spacial score (nSPS) is 26.0. The van der Waals surface area contributed by atoms with Gasteiger partial charge in [0.1, 0.15) is 0 Å². The number of anilines is 1. The Balaban J connectivity index is 1.48. The molecule has 0 radical (unpaired) electrons. The van der Waals surface area contributed by atoms with E-state index in [9.17, 15) is 8.42 Å². The van der Waals surface area contributed by atoms with Crippen LogP contribution in [0.5, 0.6) is 0 Å². The van der Waals surface area contributed by atoms with E-state index in [1.165, 1.54) is 0 Å². The van der Waals surface area contributed by atoms with Crippen LogP contribution in [0.1, 0.15) is 37.1 Å². The Morgan fingerprint density at radius 2 is 1.85 bits per heavy atom. The Kier molecular flexibility index (Phi) is 4.73. The van der Waals surface area contributed by atoms with Crippen LogP contribution in [0.4, 0.5) is 5.69 Å². The lowest BCUT2D eigenvalue weighted by Gasteiger charge is -2.41. The van der Waals surface area contributed by atoms with Crippen LogP contribution < -0.4 is 5.73 Å². The quantitative estimate of drug-likeness (QED) is 0.764. The van der Waals surface area contributed by atoms with Crippen LogP contribution >= 0.6 is 0 Å². The minimum Gasteiger partial charge on any atom is -0.399 e. The van der Waals surface area contributed by atoms with Crippen LogP contribution in [0.15, 0.2) is 35.2 Å². The van der Waals surface area contributed by atoms with E-state index >= 15 is 0 Å². The lowest BCUT2D eigenvalue weighted by molar-refractivity contribution is 0.0894. The number of aromatic amines is 1. The van der Waals surface area contributed by atoms with Gasteiger partial charge in [0.2, 0.25) is 10.0 Å². The molecule has 0 spiro atoms. The number of sulfonamides is 1. The fourth-order valence-corrected chi connectivity index (χ4v) is 5.92. The van der Waals surface area contributed by atoms with E-state index < -0.39 is 10.0 Å². The van der Waals surface area contributed by atoms with Crippen molar-refractivity contribution in [2.45, 2.75) is 62.2 Å². The van der Waals surface area contributed by atoms with Crippen molar-refractivity contribution < 1.29 is 8.42 Å². The molecule has 27 heavy (non-hydrogen) atoms. The van der Waals surface area contributed by atoms with E-state index in [4.69, 9.17) is 5.73 Å². The highest BCUT2D eigenvalue weighted by molar-refractivity contribution is 7.89. The molecular weight excluding hydrogens is 362 g/mol. The van der Waals surface area contributed by atoms with Crippen LogP contribution in [0, 0.1) is 6.92 Å². The fourth-order valence-electron chi connectivity index (χ4n) is 4.55. The number of aromatic nitrogens is 2. The second-order valence-corrected chi connectivity index (χ2v) is 9.81. The zero-order valence-electron chi connectivity index (χ0n) is 15.8. The third-order valence-corrected chi connectivity index (χ3v) is 7.96. The molecule has 8 heteroatoms. The van der Waals surface area contributed by atoms with Gasteiger partial charge in [0.05, 0.1) is 10.6 Å². The molecule has 3 heterocycles. The molecule has 3 N–H and O–H groups in total. The van der Waals surface area contributed by atoms with Crippen LogP contribution in [0.25, 0.3) is 0 Å². The lowest BCUT2D eigenvalue weighted by Crippen LogP contribution is -2.50. The monoisotopic (exact) mass is 389 g/mol. The third kappa shape index (κ3) is 3.49. The molecule has 4 rings (SSSR count). The highest BCUT2D eigenvalue weighted by Gasteiger charge is 2.44. The molecule has 2 bridgehead atoms. The summed E-state index contributed by atoms with van der Waals surface area (Å²) in [5.41, 5.74) is 8.39. The van der Waals surface area contributed by atoms with Crippen molar-refractivity contribution in [3.63, 3.8) is 0 Å². The lowest BCUT2D eigenvalue weighted by atomic mass is 9.97. The molecule has 0 amide bonds. The molecular formula is C19H27N5O2S. The summed E-state index contributed by atoms with van der Waals surface area (Å²) in [7, 11) is -1.79. The summed E-state index contributed by atoms with van der Waals surface area (Å²) in [5, 5.41) is 7.37. The van der Waals surface area contributed by atoms with Crippen LogP contribution in [0.3, 0.4) is 0 Å². The van der Waals surface area contributed by atoms with Crippen molar-refractivity contribution in [3.05, 3.63) is 41.7 Å². The second-order valence-electron chi connectivity index (χ2n) is 7.82. The number of piperidine rings is 1. The Bertz CT molecular complexity index is 894. The van der Waals surface area contributed by atoms with E-state index in [1.807, 2.05) is 6.92 Å². The fraction of sp³-hybridized carbons (Fsp3) is 0.526. The molecule has 1 aromatic heterocycles. The van der Waals surface area contributed by atoms with Gasteiger partial charge in [-0.2, -0.15) is 9.40 Å². The van der Waals surface area contributed by atoms with E-state index in [-0.39, 0.29) is 6.04 Å². The molecule has 2 fully saturated rings. The highest BCUT2D eigenvalue weighted by atomic mass is 32.2. The molecule has 2 saturated heterocycles. The molecule has 2 unspecified atom stereocenters. The van der Waals surface area contributed by atoms with Gasteiger partial charge in [-0.05, 0) is 62.9 Å². The first-order valence-corrected chi connectivity index (χ1v) is 10.9. The number of hydrogen-bond acceptors (Lipinski definition) is 5. The van der Waals surface area contributed by atoms with Gasteiger partial charge >= 0.3 is 0 Å². The summed E-state index contributed by atoms with van der Waals surface area (Å²) >= 11 is 0. The number of benzene rings is 1. The van der Waals surface area contributed by atoms with Crippen molar-refractivity contribution >= 4 is 15.7 Å². The number of H-pyrrole nitrogens is 1. The van der Waals surface area contributed by atoms with Crippen molar-refractivity contribution in [2.24, 2.45) is 0 Å². The minimum atomic E-state index is -3.51. The van der Waals surface area contributed by atoms with Gasteiger partial charge < -0.3 is 5.73 Å². The number of hydrogen-bond donors (Lipinski definition) is 2. The largest absolute Gasteiger partial charge is 0.399 e. The van der Waals surface area contributed by atoms with E-state index in [2.05, 4.69) is 21.2 Å². The predicted molar refractivity (Wildman–Crippen MR) is 105 cm³/mol. The SMILES string of the molecule is Cc1cc(CN2C3CCC2CC(N(C)S(=O)(=O)c2ccc(N)cc2)C3)n[nH]1. The number of fused-ring (bicyclic) bond motifs is 2. The number of nitrogens with zero attached hydrogens (tertiary/aromatic N) is 3. The van der Waals surface area contributed by atoms with Crippen molar-refractivity contribution in [1.29, 1.82) is 0 Å². The molecule has 2 aromatic rings. The molecule has 2 aliphatic heterocycles. The van der Waals surface area contributed by atoms with E-state index in [1.54, 1.807) is 35.6 Å². The Labute approximate surface area is 160 Å². The van der Waals surface area contributed by atoms with Crippen LogP contribution in [0.2, 0.25) is 0 Å². The minimum absolute atomic E-state index is 0.0298. The summed E-state index contributed by atoms with van der Waals surface area (Å²) in [6.45, 7) is 2.84. The third-order valence-electron chi connectivity index (χ3n) is 6.03. The summed E-state index contributed by atoms with van der Waals surface area (Å²) in [6, 6.07) is 9.39. The Hall–Kier alpha value is -1.90. The van der Waals surface area contributed by atoms with E-state index in [0.717, 1.165) is 43.6 Å². The highest BCUT2D eigenvalue weighted by Crippen LogP contribution is 2.39. The molecule has 1 aromatic carbocycles. The summed E-state index contributed by atoms with van der Waals surface area (Å²) in [5.74, 6) is 0. The summed E-state index contributed by atoms with van der Waals surface area (Å²) in [6.07, 6.45) is 3.98. The second kappa shape index (κ2) is 6.92. The first-order valence-electron chi connectivity index (χ1n) is 9.45. The van der Waals surface area contributed by atoms with Gasteiger partial charge in [-0.1, -0.05) is 0 Å². The van der Waals surface area contributed by atoms with Crippen LogP contribution in [-0.4, -0.2) is 53.0 Å². The van der Waals surface area contributed by atoms with Crippen LogP contribution in [-0.2, 0) is 16.6 Å². The average molecular weight is 390 g/mol. The molecule has 0 saturated carbocycles. The number of nitrogens with two attached hydrogens (primary N) is 1. The molecule has 2 aliphatic rings. The molecule has 2 atom stereocenters. The number of rotatable bonds is 5. The first kappa shape index (κ1) is 18.5. The zero-order chi connectivity index (χ0) is 19.2. The van der Waals surface area contributed by atoms with Gasteiger partial charge in [-0.3, -0.25) is 10.00 Å². The number of aryl methyl sites for hydroxylation is 1. The van der Waals surface area contributed by atoms with Crippen molar-refractivity contribution in [2.75, 3.05) is 12.8 Å². The van der Waals surface area contributed by atoms with Gasteiger partial charge in [-0.15, -0.1) is 0 Å². The molecule has 7 nitrogen and oxygen atoms in total. The smallest absolute Gasteiger partial charge is 0.243 e. The van der Waals surface area contributed by atoms with Crippen molar-refractivity contribution in [1.82, 2.24) is 19.4 Å². The maximum atomic E-state index is 13.0. The van der Waals surface area contributed by atoms with Crippen molar-refractivity contribution in [3.8, 4) is 0 Å². The van der Waals surface area contributed by atoms with Gasteiger partial charge in [0.15, 0.2) is 0 Å². The first-order chi connectivity index (χ1) is 12.8. The van der Waals surface area contributed by atoms with E-state index in [0.29, 0.717) is 22.7 Å². The zero-order valence-corrected chi connectivity index (χ0v) is 16.6. The maximum absolute atomic E-state index is 13.0. The molecule has 0 aliphatic carbocycles. The predicted octanol–water partition coefficient (Wildman–Crippen LogP) is 2.12.